The van der Waals surface area contributed by atoms with Crippen molar-refractivity contribution in [1.82, 2.24) is 5.32 Å². The number of nitrogens with one attached hydrogen (secondary N) is 1. The molecule has 0 aliphatic heterocycles. The van der Waals surface area contributed by atoms with Crippen molar-refractivity contribution in [2.75, 3.05) is 19.5 Å². The van der Waals surface area contributed by atoms with Crippen LogP contribution in [0.5, 0.6) is 0 Å². The van der Waals surface area contributed by atoms with Gasteiger partial charge in [0.1, 0.15) is 0 Å². The van der Waals surface area contributed by atoms with E-state index in [9.17, 15) is 14.4 Å². The Bertz CT molecular complexity index is 867. The van der Waals surface area contributed by atoms with Gasteiger partial charge in [0.2, 0.25) is 0 Å². The summed E-state index contributed by atoms with van der Waals surface area (Å²) in [6.07, 6.45) is 0. The van der Waals surface area contributed by atoms with Crippen LogP contribution in [-0.4, -0.2) is 37.5 Å². The van der Waals surface area contributed by atoms with Crippen LogP contribution in [0.15, 0.2) is 42.5 Å². The predicted molar refractivity (Wildman–Crippen MR) is 105 cm³/mol. The highest BCUT2D eigenvalue weighted by Crippen LogP contribution is 2.16. The van der Waals surface area contributed by atoms with Crippen LogP contribution in [-0.2, 0) is 20.8 Å². The summed E-state index contributed by atoms with van der Waals surface area (Å²) in [7, 11) is 1.28. The zero-order chi connectivity index (χ0) is 20.7. The number of hydrogen-bond acceptors (Lipinski definition) is 7. The maximum atomic E-state index is 12.8. The van der Waals surface area contributed by atoms with Crippen LogP contribution in [0.1, 0.15) is 33.2 Å². The number of benzene rings is 2. The Morgan fingerprint density at radius 2 is 1.75 bits per heavy atom. The van der Waals surface area contributed by atoms with Crippen molar-refractivity contribution in [3.05, 3.63) is 64.2 Å². The van der Waals surface area contributed by atoms with Gasteiger partial charge in [-0.05, 0) is 55.0 Å². The number of ketones is 1. The molecule has 0 aliphatic carbocycles. The minimum Gasteiger partial charge on any atom is -0.465 e. The van der Waals surface area contributed by atoms with Gasteiger partial charge in [0.05, 0.1) is 19.3 Å². The van der Waals surface area contributed by atoms with Crippen molar-refractivity contribution in [1.29, 1.82) is 0 Å². The molecule has 2 rings (SSSR count). The second-order valence-electron chi connectivity index (χ2n) is 5.84. The molecule has 0 bridgehead atoms. The number of halogens is 1. The standard InChI is InChI=1S/C20H21ClN2O5/c1-3-28-20(26)17(18(24)12-4-7-15(21)8-5-12)23-11-14-10-13(19(25)27-2)6-9-16(14)22/h4-10,17,23H,3,11,22H2,1-2H3. The van der Waals surface area contributed by atoms with Crippen LogP contribution < -0.4 is 11.1 Å². The largest absolute Gasteiger partial charge is 0.465 e. The van der Waals surface area contributed by atoms with Crippen molar-refractivity contribution in [2.45, 2.75) is 19.5 Å². The van der Waals surface area contributed by atoms with E-state index in [1.165, 1.54) is 25.3 Å². The highest BCUT2D eigenvalue weighted by atomic mass is 35.5. The number of ether oxygens (including phenoxy) is 2. The van der Waals surface area contributed by atoms with Gasteiger partial charge in [-0.2, -0.15) is 0 Å². The zero-order valence-corrected chi connectivity index (χ0v) is 16.3. The van der Waals surface area contributed by atoms with Gasteiger partial charge in [-0.25, -0.2) is 9.59 Å². The topological polar surface area (TPSA) is 108 Å². The Labute approximate surface area is 167 Å². The van der Waals surface area contributed by atoms with Gasteiger partial charge in [0, 0.05) is 22.8 Å². The summed E-state index contributed by atoms with van der Waals surface area (Å²) in [5.74, 6) is -1.68. The van der Waals surface area contributed by atoms with Crippen molar-refractivity contribution in [2.24, 2.45) is 0 Å². The molecule has 1 atom stereocenters. The molecule has 2 aromatic rings. The number of rotatable bonds is 8. The van der Waals surface area contributed by atoms with E-state index in [2.05, 4.69) is 5.32 Å². The van der Waals surface area contributed by atoms with E-state index in [1.807, 2.05) is 0 Å². The number of nitrogens with two attached hydrogens (primary N) is 1. The lowest BCUT2D eigenvalue weighted by atomic mass is 10.0. The van der Waals surface area contributed by atoms with Crippen molar-refractivity contribution in [3.63, 3.8) is 0 Å². The van der Waals surface area contributed by atoms with E-state index in [0.717, 1.165) is 0 Å². The van der Waals surface area contributed by atoms with Gasteiger partial charge in [-0.15, -0.1) is 0 Å². The number of methoxy groups -OCH3 is 1. The highest BCUT2D eigenvalue weighted by molar-refractivity contribution is 6.30. The van der Waals surface area contributed by atoms with Crippen LogP contribution in [0.25, 0.3) is 0 Å². The number of carbonyl (C=O) groups excluding carboxylic acids is 3. The molecule has 0 heterocycles. The van der Waals surface area contributed by atoms with E-state index in [-0.39, 0.29) is 13.2 Å². The van der Waals surface area contributed by atoms with E-state index >= 15 is 0 Å². The van der Waals surface area contributed by atoms with Gasteiger partial charge >= 0.3 is 11.9 Å². The normalized spacial score (nSPS) is 11.5. The SMILES string of the molecule is CCOC(=O)C(NCc1cc(C(=O)OC)ccc1N)C(=O)c1ccc(Cl)cc1. The number of anilines is 1. The van der Waals surface area contributed by atoms with Crippen LogP contribution >= 0.6 is 11.6 Å². The lowest BCUT2D eigenvalue weighted by Gasteiger charge is -2.17. The third-order valence-electron chi connectivity index (χ3n) is 3.97. The summed E-state index contributed by atoms with van der Waals surface area (Å²) in [4.78, 5) is 36.8. The Kier molecular flexibility index (Phi) is 7.54. The molecule has 28 heavy (non-hydrogen) atoms. The lowest BCUT2D eigenvalue weighted by Crippen LogP contribution is -2.44. The first-order chi connectivity index (χ1) is 13.4. The Morgan fingerprint density at radius 1 is 1.11 bits per heavy atom. The van der Waals surface area contributed by atoms with Gasteiger partial charge in [-0.1, -0.05) is 11.6 Å². The number of nitrogen functional groups attached to an aromatic ring is 1. The number of esters is 2. The average molecular weight is 405 g/mol. The third-order valence-corrected chi connectivity index (χ3v) is 4.23. The summed E-state index contributed by atoms with van der Waals surface area (Å²) in [5, 5.41) is 3.35. The minimum atomic E-state index is -1.23. The molecule has 1 unspecified atom stereocenters. The quantitative estimate of drug-likeness (QED) is 0.301. The van der Waals surface area contributed by atoms with Crippen LogP contribution in [0.2, 0.25) is 5.02 Å². The van der Waals surface area contributed by atoms with Crippen molar-refractivity contribution < 1.29 is 23.9 Å². The number of carbonyl (C=O) groups is 3. The Hall–Kier alpha value is -2.90. The molecule has 0 amide bonds. The molecule has 0 fully saturated rings. The molecule has 148 valence electrons. The number of hydrogen-bond donors (Lipinski definition) is 2. The second-order valence-corrected chi connectivity index (χ2v) is 6.28. The van der Waals surface area contributed by atoms with Crippen LogP contribution in [0.4, 0.5) is 5.69 Å². The fourth-order valence-electron chi connectivity index (χ4n) is 2.51. The first kappa shape index (κ1) is 21.4. The summed E-state index contributed by atoms with van der Waals surface area (Å²) >= 11 is 5.85. The second kappa shape index (κ2) is 9.87. The van der Waals surface area contributed by atoms with E-state index in [1.54, 1.807) is 31.2 Å². The maximum Gasteiger partial charge on any atom is 0.337 e. The molecule has 2 aromatic carbocycles. The molecule has 0 aromatic heterocycles. The molecule has 0 radical (unpaired) electrons. The predicted octanol–water partition coefficient (Wildman–Crippen LogP) is 2.61. The van der Waals surface area contributed by atoms with Crippen molar-refractivity contribution >= 4 is 35.0 Å². The number of Topliss-reactive ketones (excluding diaryl/α,β-unsaturated/α-hetero) is 1. The Morgan fingerprint density at radius 3 is 2.36 bits per heavy atom. The first-order valence-electron chi connectivity index (χ1n) is 8.53. The van der Waals surface area contributed by atoms with Crippen LogP contribution in [0, 0.1) is 0 Å². The van der Waals surface area contributed by atoms with E-state index in [0.29, 0.717) is 27.4 Å². The van der Waals surface area contributed by atoms with Crippen LogP contribution in [0.3, 0.4) is 0 Å². The molecule has 0 spiro atoms. The fraction of sp³-hybridized carbons (Fsp3) is 0.250. The summed E-state index contributed by atoms with van der Waals surface area (Å²) in [6.45, 7) is 1.85. The Balaban J connectivity index is 2.24. The molecule has 0 aliphatic rings. The van der Waals surface area contributed by atoms with E-state index in [4.69, 9.17) is 26.8 Å². The molecule has 0 saturated heterocycles. The van der Waals surface area contributed by atoms with E-state index < -0.39 is 23.8 Å². The smallest absolute Gasteiger partial charge is 0.337 e. The molecular formula is C20H21ClN2O5. The van der Waals surface area contributed by atoms with Gasteiger partial charge in [0.15, 0.2) is 11.8 Å². The van der Waals surface area contributed by atoms with Gasteiger partial charge in [0.25, 0.3) is 0 Å². The fourth-order valence-corrected chi connectivity index (χ4v) is 2.63. The zero-order valence-electron chi connectivity index (χ0n) is 15.5. The molecule has 3 N–H and O–H groups in total. The minimum absolute atomic E-state index is 0.0689. The average Bonchev–Trinajstić information content (AvgIpc) is 2.69. The molecular weight excluding hydrogens is 384 g/mol. The lowest BCUT2D eigenvalue weighted by molar-refractivity contribution is -0.144. The highest BCUT2D eigenvalue weighted by Gasteiger charge is 2.28. The monoisotopic (exact) mass is 404 g/mol. The summed E-state index contributed by atoms with van der Waals surface area (Å²) in [6, 6.07) is 9.60. The van der Waals surface area contributed by atoms with Gasteiger partial charge in [-0.3, -0.25) is 10.1 Å². The summed E-state index contributed by atoms with van der Waals surface area (Å²) < 4.78 is 9.71. The molecule has 7 nitrogen and oxygen atoms in total. The third kappa shape index (κ3) is 5.31. The first-order valence-corrected chi connectivity index (χ1v) is 8.91. The van der Waals surface area contributed by atoms with Gasteiger partial charge < -0.3 is 15.2 Å². The maximum absolute atomic E-state index is 12.8. The molecule has 8 heteroatoms. The summed E-state index contributed by atoms with van der Waals surface area (Å²) in [5.41, 5.74) is 7.52. The molecule has 0 saturated carbocycles. The van der Waals surface area contributed by atoms with Crippen molar-refractivity contribution in [3.8, 4) is 0 Å².